The molecule has 2 aromatic rings. The Morgan fingerprint density at radius 2 is 2.06 bits per heavy atom. The Kier molecular flexibility index (Phi) is 3.83. The number of halogens is 1. The molecular weight excluding hydrogens is 290 g/mol. The van der Waals surface area contributed by atoms with Crippen LogP contribution in [-0.4, -0.2) is 18.1 Å². The minimum absolute atomic E-state index is 0.633. The topological polar surface area (TPSA) is 39.9 Å². The zero-order chi connectivity index (χ0) is 13.1. The van der Waals surface area contributed by atoms with Crippen LogP contribution in [0.2, 0.25) is 0 Å². The minimum atomic E-state index is 0.633. The number of rotatable bonds is 3. The summed E-state index contributed by atoms with van der Waals surface area (Å²) in [5.74, 6) is 0. The summed E-state index contributed by atoms with van der Waals surface area (Å²) >= 11 is 3.45. The number of aromatic nitrogens is 1. The van der Waals surface area contributed by atoms with Gasteiger partial charge in [0.2, 0.25) is 0 Å². The molecule has 92 valence electrons. The lowest BCUT2D eigenvalue weighted by Crippen LogP contribution is -2.23. The first kappa shape index (κ1) is 12.8. The summed E-state index contributed by atoms with van der Waals surface area (Å²) in [6.07, 6.45) is 1.66. The maximum Gasteiger partial charge on any atom is 0.103 e. The average molecular weight is 304 g/mol. The van der Waals surface area contributed by atoms with Crippen molar-refractivity contribution in [2.24, 2.45) is 0 Å². The zero-order valence-electron chi connectivity index (χ0n) is 10.4. The standard InChI is InChI=1S/C14H14BrN3/c1-3-18(4-2)14-10(8-16)9-17-13-7-11(15)5-6-12(13)14/h5-7,9H,3-4H2,1-2H3. The van der Waals surface area contributed by atoms with Gasteiger partial charge in [-0.05, 0) is 32.0 Å². The highest BCUT2D eigenvalue weighted by atomic mass is 79.9. The summed E-state index contributed by atoms with van der Waals surface area (Å²) in [5, 5.41) is 10.3. The molecular formula is C14H14BrN3. The summed E-state index contributed by atoms with van der Waals surface area (Å²) in [4.78, 5) is 6.54. The molecule has 0 aliphatic carbocycles. The maximum absolute atomic E-state index is 9.25. The van der Waals surface area contributed by atoms with Crippen LogP contribution in [0.5, 0.6) is 0 Å². The van der Waals surface area contributed by atoms with Gasteiger partial charge in [0.15, 0.2) is 0 Å². The van der Waals surface area contributed by atoms with Crippen molar-refractivity contribution in [3.8, 4) is 6.07 Å². The molecule has 0 unspecified atom stereocenters. The number of fused-ring (bicyclic) bond motifs is 1. The SMILES string of the molecule is CCN(CC)c1c(C#N)cnc2cc(Br)ccc12. The second kappa shape index (κ2) is 5.36. The number of hydrogen-bond donors (Lipinski definition) is 0. The van der Waals surface area contributed by atoms with E-state index in [1.807, 2.05) is 18.2 Å². The van der Waals surface area contributed by atoms with Crippen molar-refractivity contribution in [3.63, 3.8) is 0 Å². The molecule has 0 bridgehead atoms. The van der Waals surface area contributed by atoms with E-state index < -0.39 is 0 Å². The van der Waals surface area contributed by atoms with Gasteiger partial charge < -0.3 is 4.90 Å². The van der Waals surface area contributed by atoms with Gasteiger partial charge in [-0.2, -0.15) is 5.26 Å². The highest BCUT2D eigenvalue weighted by molar-refractivity contribution is 9.10. The van der Waals surface area contributed by atoms with Crippen LogP contribution in [0.4, 0.5) is 5.69 Å². The Morgan fingerprint density at radius 3 is 2.67 bits per heavy atom. The van der Waals surface area contributed by atoms with Crippen LogP contribution in [-0.2, 0) is 0 Å². The molecule has 0 amide bonds. The Bertz CT molecular complexity index is 612. The van der Waals surface area contributed by atoms with E-state index in [-0.39, 0.29) is 0 Å². The smallest absolute Gasteiger partial charge is 0.103 e. The molecule has 2 rings (SSSR count). The molecule has 1 aromatic heterocycles. The van der Waals surface area contributed by atoms with E-state index in [1.54, 1.807) is 6.20 Å². The third kappa shape index (κ3) is 2.19. The lowest BCUT2D eigenvalue weighted by Gasteiger charge is -2.23. The summed E-state index contributed by atoms with van der Waals surface area (Å²) in [7, 11) is 0. The molecule has 0 fully saturated rings. The lowest BCUT2D eigenvalue weighted by atomic mass is 10.1. The van der Waals surface area contributed by atoms with Crippen LogP contribution >= 0.6 is 15.9 Å². The fourth-order valence-electron chi connectivity index (χ4n) is 2.11. The van der Waals surface area contributed by atoms with Crippen molar-refractivity contribution in [2.45, 2.75) is 13.8 Å². The fourth-order valence-corrected chi connectivity index (χ4v) is 2.46. The summed E-state index contributed by atoms with van der Waals surface area (Å²) in [5.41, 5.74) is 2.53. The molecule has 18 heavy (non-hydrogen) atoms. The van der Waals surface area contributed by atoms with E-state index >= 15 is 0 Å². The summed E-state index contributed by atoms with van der Waals surface area (Å²) in [6, 6.07) is 8.21. The van der Waals surface area contributed by atoms with Gasteiger partial charge in [0.25, 0.3) is 0 Å². The molecule has 1 heterocycles. The van der Waals surface area contributed by atoms with Gasteiger partial charge in [-0.25, -0.2) is 0 Å². The van der Waals surface area contributed by atoms with Crippen LogP contribution in [0, 0.1) is 11.3 Å². The molecule has 0 N–H and O–H groups in total. The van der Waals surface area contributed by atoms with Crippen molar-refractivity contribution < 1.29 is 0 Å². The second-order valence-corrected chi connectivity index (χ2v) is 4.88. The molecule has 0 atom stereocenters. The summed E-state index contributed by atoms with van der Waals surface area (Å²) in [6.45, 7) is 5.94. The van der Waals surface area contributed by atoms with Crippen LogP contribution in [0.3, 0.4) is 0 Å². The molecule has 0 radical (unpaired) electrons. The van der Waals surface area contributed by atoms with Gasteiger partial charge >= 0.3 is 0 Å². The average Bonchev–Trinajstić information content (AvgIpc) is 2.39. The largest absolute Gasteiger partial charge is 0.370 e. The highest BCUT2D eigenvalue weighted by Gasteiger charge is 2.13. The first-order valence-electron chi connectivity index (χ1n) is 5.94. The normalized spacial score (nSPS) is 10.3. The quantitative estimate of drug-likeness (QED) is 0.867. The van der Waals surface area contributed by atoms with Crippen molar-refractivity contribution >= 4 is 32.5 Å². The van der Waals surface area contributed by atoms with Crippen molar-refractivity contribution in [2.75, 3.05) is 18.0 Å². The minimum Gasteiger partial charge on any atom is -0.370 e. The van der Waals surface area contributed by atoms with Crippen molar-refractivity contribution in [1.29, 1.82) is 5.26 Å². The number of anilines is 1. The van der Waals surface area contributed by atoms with Crippen LogP contribution in [0.1, 0.15) is 19.4 Å². The van der Waals surface area contributed by atoms with E-state index in [0.717, 1.165) is 34.2 Å². The summed E-state index contributed by atoms with van der Waals surface area (Å²) < 4.78 is 0.998. The fraction of sp³-hybridized carbons (Fsp3) is 0.286. The van der Waals surface area contributed by atoms with Gasteiger partial charge in [-0.3, -0.25) is 4.98 Å². The van der Waals surface area contributed by atoms with Gasteiger partial charge in [-0.15, -0.1) is 0 Å². The number of hydrogen-bond acceptors (Lipinski definition) is 3. The third-order valence-corrected chi connectivity index (χ3v) is 3.50. The molecule has 0 aliphatic rings. The predicted molar refractivity (Wildman–Crippen MR) is 77.7 cm³/mol. The maximum atomic E-state index is 9.25. The second-order valence-electron chi connectivity index (χ2n) is 3.97. The molecule has 1 aromatic carbocycles. The number of nitriles is 1. The van der Waals surface area contributed by atoms with E-state index in [0.29, 0.717) is 5.56 Å². The van der Waals surface area contributed by atoms with Gasteiger partial charge in [0.05, 0.1) is 16.8 Å². The van der Waals surface area contributed by atoms with Gasteiger partial charge in [-0.1, -0.05) is 15.9 Å². The lowest BCUT2D eigenvalue weighted by molar-refractivity contribution is 0.868. The monoisotopic (exact) mass is 303 g/mol. The first-order chi connectivity index (χ1) is 8.71. The Hall–Kier alpha value is -1.60. The molecule has 3 nitrogen and oxygen atoms in total. The Morgan fingerprint density at radius 1 is 1.33 bits per heavy atom. The Balaban J connectivity index is 2.77. The number of pyridine rings is 1. The molecule has 0 saturated carbocycles. The van der Waals surface area contributed by atoms with E-state index in [1.165, 1.54) is 0 Å². The van der Waals surface area contributed by atoms with E-state index in [2.05, 4.69) is 45.7 Å². The highest BCUT2D eigenvalue weighted by Crippen LogP contribution is 2.30. The van der Waals surface area contributed by atoms with Crippen molar-refractivity contribution in [3.05, 3.63) is 34.4 Å². The molecule has 0 aliphatic heterocycles. The zero-order valence-corrected chi connectivity index (χ0v) is 12.0. The number of nitrogens with zero attached hydrogens (tertiary/aromatic N) is 3. The van der Waals surface area contributed by atoms with E-state index in [9.17, 15) is 5.26 Å². The first-order valence-corrected chi connectivity index (χ1v) is 6.73. The third-order valence-electron chi connectivity index (χ3n) is 3.00. The van der Waals surface area contributed by atoms with Gasteiger partial charge in [0, 0.05) is 29.1 Å². The molecule has 0 saturated heterocycles. The molecule has 0 spiro atoms. The Labute approximate surface area is 115 Å². The predicted octanol–water partition coefficient (Wildman–Crippen LogP) is 3.72. The van der Waals surface area contributed by atoms with Crippen LogP contribution in [0.25, 0.3) is 10.9 Å². The van der Waals surface area contributed by atoms with Crippen LogP contribution in [0.15, 0.2) is 28.9 Å². The van der Waals surface area contributed by atoms with Gasteiger partial charge in [0.1, 0.15) is 6.07 Å². The van der Waals surface area contributed by atoms with Crippen molar-refractivity contribution in [1.82, 2.24) is 4.98 Å². The molecule has 4 heteroatoms. The van der Waals surface area contributed by atoms with E-state index in [4.69, 9.17) is 0 Å². The van der Waals surface area contributed by atoms with Crippen LogP contribution < -0.4 is 4.90 Å². The number of benzene rings is 1.